The molecule has 3 rings (SSSR count). The molecule has 3 aromatic carbocycles. The van der Waals surface area contributed by atoms with E-state index in [2.05, 4.69) is 0 Å². The molecule has 1 nitrogen and oxygen atoms in total. The van der Waals surface area contributed by atoms with Gasteiger partial charge in [-0.1, -0.05) is 0 Å². The molecule has 0 aromatic heterocycles. The molecule has 18 heteroatoms. The predicted molar refractivity (Wildman–Crippen MR) is 85.5 cm³/mol. The monoisotopic (exact) mass is 565 g/mol. The fourth-order valence-electron chi connectivity index (χ4n) is 2.98. The summed E-state index contributed by atoms with van der Waals surface area (Å²) < 4.78 is 235. The van der Waals surface area contributed by atoms with E-state index in [1.807, 2.05) is 0 Å². The molecule has 200 valence electrons. The third-order valence-electron chi connectivity index (χ3n) is 4.57. The number of anilines is 3. The standard InChI is InChI=1S/C19F17N/c20-2-1(19(34,35)36)3(21)11(29)16(10(2)28)37(17-12(30)6(24)4(22)7(25)13(17)31)18-14(32)8(26)5(23)9(27)15(18)33. The lowest BCUT2D eigenvalue weighted by Crippen LogP contribution is -2.25. The Bertz CT molecular complexity index is 1300. The van der Waals surface area contributed by atoms with Crippen LogP contribution in [-0.4, -0.2) is 0 Å². The van der Waals surface area contributed by atoms with E-state index in [9.17, 15) is 74.6 Å². The molecule has 0 bridgehead atoms. The highest BCUT2D eigenvalue weighted by atomic mass is 19.4. The van der Waals surface area contributed by atoms with E-state index in [0.717, 1.165) is 0 Å². The Balaban J connectivity index is 2.69. The van der Waals surface area contributed by atoms with Crippen molar-refractivity contribution in [2.45, 2.75) is 6.18 Å². The Hall–Kier alpha value is -3.73. The number of alkyl halides is 3. The third-order valence-corrected chi connectivity index (χ3v) is 4.57. The van der Waals surface area contributed by atoms with Gasteiger partial charge in [0.1, 0.15) is 22.6 Å². The third kappa shape index (κ3) is 3.97. The quantitative estimate of drug-likeness (QED) is 0.176. The number of nitrogens with zero attached hydrogens (tertiary/aromatic N) is 1. The fourth-order valence-corrected chi connectivity index (χ4v) is 2.98. The van der Waals surface area contributed by atoms with Crippen molar-refractivity contribution in [1.82, 2.24) is 0 Å². The van der Waals surface area contributed by atoms with Crippen LogP contribution in [0.5, 0.6) is 0 Å². The van der Waals surface area contributed by atoms with Crippen LogP contribution in [-0.2, 0) is 6.18 Å². The van der Waals surface area contributed by atoms with Gasteiger partial charge in [0.15, 0.2) is 69.8 Å². The van der Waals surface area contributed by atoms with E-state index >= 15 is 0 Å². The predicted octanol–water partition coefficient (Wildman–Crippen LogP) is 8.12. The molecular formula is C19F17N. The van der Waals surface area contributed by atoms with Crippen LogP contribution in [0.2, 0.25) is 0 Å². The van der Waals surface area contributed by atoms with Crippen molar-refractivity contribution >= 4 is 17.1 Å². The molecule has 0 radical (unpaired) electrons. The Morgan fingerprint density at radius 3 is 0.703 bits per heavy atom. The number of halogens is 17. The van der Waals surface area contributed by atoms with Gasteiger partial charge in [-0.2, -0.15) is 13.2 Å². The van der Waals surface area contributed by atoms with Gasteiger partial charge in [-0.25, -0.2) is 61.5 Å². The van der Waals surface area contributed by atoms with Gasteiger partial charge in [0, 0.05) is 0 Å². The topological polar surface area (TPSA) is 3.24 Å². The molecule has 0 N–H and O–H groups in total. The van der Waals surface area contributed by atoms with E-state index in [1.54, 1.807) is 0 Å². The molecule has 37 heavy (non-hydrogen) atoms. The highest BCUT2D eigenvalue weighted by Gasteiger charge is 2.46. The zero-order chi connectivity index (χ0) is 28.5. The summed E-state index contributed by atoms with van der Waals surface area (Å²) in [5.74, 6) is -45.7. The van der Waals surface area contributed by atoms with Gasteiger partial charge < -0.3 is 0 Å². The first-order valence-corrected chi connectivity index (χ1v) is 8.63. The van der Waals surface area contributed by atoms with Crippen LogP contribution < -0.4 is 4.90 Å². The minimum Gasteiger partial charge on any atom is -0.294 e. The summed E-state index contributed by atoms with van der Waals surface area (Å²) in [7, 11) is 0. The van der Waals surface area contributed by atoms with E-state index in [4.69, 9.17) is 0 Å². The summed E-state index contributed by atoms with van der Waals surface area (Å²) in [5.41, 5.74) is -12.5. The maximum Gasteiger partial charge on any atom is 0.422 e. The maximum atomic E-state index is 14.6. The maximum absolute atomic E-state index is 14.6. The summed E-state index contributed by atoms with van der Waals surface area (Å²) in [6.07, 6.45) is -6.27. The molecule has 0 saturated heterocycles. The van der Waals surface area contributed by atoms with Gasteiger partial charge >= 0.3 is 6.18 Å². The first-order chi connectivity index (χ1) is 16.9. The Labute approximate surface area is 190 Å². The molecule has 0 fully saturated rings. The minimum absolute atomic E-state index is 1.73. The second-order valence-electron chi connectivity index (χ2n) is 6.65. The zero-order valence-corrected chi connectivity index (χ0v) is 16.4. The minimum atomic E-state index is -6.27. The number of benzene rings is 3. The van der Waals surface area contributed by atoms with Gasteiger partial charge in [0.25, 0.3) is 0 Å². The summed E-state index contributed by atoms with van der Waals surface area (Å²) in [6.45, 7) is 0. The lowest BCUT2D eigenvalue weighted by Gasteiger charge is -2.28. The second kappa shape index (κ2) is 8.98. The molecule has 0 spiro atoms. The van der Waals surface area contributed by atoms with Crippen molar-refractivity contribution in [3.8, 4) is 0 Å². The van der Waals surface area contributed by atoms with Crippen molar-refractivity contribution in [3.63, 3.8) is 0 Å². The molecule has 0 aliphatic rings. The van der Waals surface area contributed by atoms with Crippen LogP contribution in [0.15, 0.2) is 0 Å². The van der Waals surface area contributed by atoms with Gasteiger partial charge in [-0.15, -0.1) is 0 Å². The molecule has 0 aliphatic carbocycles. The first kappa shape index (κ1) is 27.9. The van der Waals surface area contributed by atoms with Gasteiger partial charge in [-0.3, -0.25) is 4.90 Å². The normalized spacial score (nSPS) is 11.9. The largest absolute Gasteiger partial charge is 0.422 e. The Morgan fingerprint density at radius 2 is 0.486 bits per heavy atom. The summed E-state index contributed by atoms with van der Waals surface area (Å²) in [5, 5.41) is 0. The van der Waals surface area contributed by atoms with Crippen LogP contribution in [0.4, 0.5) is 91.7 Å². The van der Waals surface area contributed by atoms with Crippen LogP contribution >= 0.6 is 0 Å². The second-order valence-corrected chi connectivity index (χ2v) is 6.65. The van der Waals surface area contributed by atoms with Crippen molar-refractivity contribution in [3.05, 3.63) is 87.0 Å². The number of hydrogen-bond acceptors (Lipinski definition) is 1. The van der Waals surface area contributed by atoms with Gasteiger partial charge in [0.05, 0.1) is 0 Å². The van der Waals surface area contributed by atoms with E-state index < -0.39 is 115 Å². The molecule has 0 amide bonds. The highest BCUT2D eigenvalue weighted by Crippen LogP contribution is 2.48. The number of hydrogen-bond donors (Lipinski definition) is 0. The molecule has 0 atom stereocenters. The SMILES string of the molecule is Fc1c(F)c(F)c(N(c2c(F)c(F)c(F)c(F)c2F)c2c(F)c(F)c(C(F)(F)F)c(F)c2F)c(F)c1F. The molecule has 0 heterocycles. The Kier molecular flexibility index (Phi) is 6.76. The fraction of sp³-hybridized carbons (Fsp3) is 0.0526. The van der Waals surface area contributed by atoms with Crippen molar-refractivity contribution in [2.75, 3.05) is 4.90 Å². The van der Waals surface area contributed by atoms with E-state index in [0.29, 0.717) is 0 Å². The summed E-state index contributed by atoms with van der Waals surface area (Å²) in [4.78, 5) is -1.73. The van der Waals surface area contributed by atoms with Crippen molar-refractivity contribution in [1.29, 1.82) is 0 Å². The molecule has 0 unspecified atom stereocenters. The average molecular weight is 565 g/mol. The smallest absolute Gasteiger partial charge is 0.294 e. The lowest BCUT2D eigenvalue weighted by atomic mass is 10.1. The van der Waals surface area contributed by atoms with Crippen molar-refractivity contribution < 1.29 is 74.6 Å². The van der Waals surface area contributed by atoms with E-state index in [1.165, 1.54) is 0 Å². The molecular weight excluding hydrogens is 565 g/mol. The van der Waals surface area contributed by atoms with Crippen LogP contribution in [0.3, 0.4) is 0 Å². The van der Waals surface area contributed by atoms with Gasteiger partial charge in [0.2, 0.25) is 11.6 Å². The van der Waals surface area contributed by atoms with Crippen LogP contribution in [0.25, 0.3) is 0 Å². The summed E-state index contributed by atoms with van der Waals surface area (Å²) in [6, 6.07) is 0. The summed E-state index contributed by atoms with van der Waals surface area (Å²) >= 11 is 0. The van der Waals surface area contributed by atoms with Crippen LogP contribution in [0.1, 0.15) is 5.56 Å². The lowest BCUT2D eigenvalue weighted by molar-refractivity contribution is -0.143. The van der Waals surface area contributed by atoms with Crippen LogP contribution in [0, 0.1) is 81.4 Å². The first-order valence-electron chi connectivity index (χ1n) is 8.63. The van der Waals surface area contributed by atoms with E-state index in [-0.39, 0.29) is 0 Å². The van der Waals surface area contributed by atoms with Crippen molar-refractivity contribution in [2.24, 2.45) is 0 Å². The number of rotatable bonds is 3. The average Bonchev–Trinajstić information content (AvgIpc) is 2.81. The molecule has 0 aliphatic heterocycles. The Morgan fingerprint density at radius 1 is 0.297 bits per heavy atom. The highest BCUT2D eigenvalue weighted by molar-refractivity contribution is 5.79. The molecule has 0 saturated carbocycles. The molecule has 3 aromatic rings. The van der Waals surface area contributed by atoms with Gasteiger partial charge in [-0.05, 0) is 0 Å². The zero-order valence-electron chi connectivity index (χ0n) is 16.4.